The minimum Gasteiger partial charge on any atom is -0.691 e. The first-order valence-corrected chi connectivity index (χ1v) is 8.55. The van der Waals surface area contributed by atoms with Crippen LogP contribution in [-0.4, -0.2) is 18.6 Å². The Bertz CT molecular complexity index is 495. The van der Waals surface area contributed by atoms with Crippen LogP contribution in [0.4, 0.5) is 0 Å². The van der Waals surface area contributed by atoms with Crippen molar-refractivity contribution in [3.63, 3.8) is 0 Å². The molecule has 0 amide bonds. The summed E-state index contributed by atoms with van der Waals surface area (Å²) in [5.41, 5.74) is 0.617. The number of rotatable bonds is 7. The molecular weight excluding hydrogens is 418 g/mol. The largest absolute Gasteiger partial charge is 1.00 e. The van der Waals surface area contributed by atoms with Gasteiger partial charge in [-0.25, -0.2) is 0 Å². The first-order valence-electron chi connectivity index (χ1n) is 4.70. The van der Waals surface area contributed by atoms with Crippen molar-refractivity contribution in [1.82, 2.24) is 0 Å². The predicted octanol–water partition coefficient (Wildman–Crippen LogP) is -1.63. The maximum absolute atomic E-state index is 11.5. The molecule has 1 rings (SSSR count). The molecule has 0 aliphatic rings. The van der Waals surface area contributed by atoms with Gasteiger partial charge in [0, 0.05) is 9.32 Å². The van der Waals surface area contributed by atoms with Crippen molar-refractivity contribution in [3.8, 4) is 5.75 Å². The standard InChI is InChI=1S/C9H11IO6S2.Na/c1-7-6-8(17-16-15-11)2-3-9(7)14-18(12,13)5-4-10;/h2-3,6,11H,4-5H2,1H3;/q;+1/p-1. The van der Waals surface area contributed by atoms with Crippen molar-refractivity contribution in [2.24, 2.45) is 0 Å². The van der Waals surface area contributed by atoms with Crippen LogP contribution in [-0.2, 0) is 19.5 Å². The van der Waals surface area contributed by atoms with E-state index in [0.717, 1.165) is 12.0 Å². The van der Waals surface area contributed by atoms with Gasteiger partial charge in [-0.3, -0.25) is 5.04 Å². The summed E-state index contributed by atoms with van der Waals surface area (Å²) in [6.07, 6.45) is 0. The summed E-state index contributed by atoms with van der Waals surface area (Å²) in [7, 11) is -3.56. The van der Waals surface area contributed by atoms with Crippen molar-refractivity contribution in [3.05, 3.63) is 23.8 Å². The maximum atomic E-state index is 11.5. The van der Waals surface area contributed by atoms with E-state index in [1.54, 1.807) is 19.1 Å². The Morgan fingerprint density at radius 1 is 1.42 bits per heavy atom. The average Bonchev–Trinajstić information content (AvgIpc) is 2.29. The molecule has 0 spiro atoms. The Labute approximate surface area is 151 Å². The SMILES string of the molecule is Cc1cc(SOO[O-])ccc1OS(=O)(=O)CCI.[Na+]. The van der Waals surface area contributed by atoms with Gasteiger partial charge >= 0.3 is 39.7 Å². The van der Waals surface area contributed by atoms with Crippen molar-refractivity contribution in [1.29, 1.82) is 0 Å². The normalized spacial score (nSPS) is 10.9. The second-order valence-corrected chi connectivity index (χ2v) is 6.72. The van der Waals surface area contributed by atoms with E-state index < -0.39 is 10.1 Å². The maximum Gasteiger partial charge on any atom is 1.00 e. The molecule has 0 atom stereocenters. The third-order valence-electron chi connectivity index (χ3n) is 1.85. The van der Waals surface area contributed by atoms with E-state index in [9.17, 15) is 13.7 Å². The molecule has 0 unspecified atom stereocenters. The van der Waals surface area contributed by atoms with Gasteiger partial charge in [0.1, 0.15) is 5.75 Å². The summed E-state index contributed by atoms with van der Waals surface area (Å²) >= 11 is 2.69. The first kappa shape index (κ1) is 19.9. The van der Waals surface area contributed by atoms with Gasteiger partial charge in [-0.2, -0.15) is 12.8 Å². The van der Waals surface area contributed by atoms with E-state index >= 15 is 0 Å². The van der Waals surface area contributed by atoms with Gasteiger partial charge in [0.25, 0.3) is 0 Å². The molecule has 0 saturated carbocycles. The third-order valence-corrected chi connectivity index (χ3v) is 4.83. The molecule has 19 heavy (non-hydrogen) atoms. The number of alkyl halides is 1. The van der Waals surface area contributed by atoms with Crippen LogP contribution in [0.5, 0.6) is 5.75 Å². The fraction of sp³-hybridized carbons (Fsp3) is 0.333. The molecule has 0 aliphatic heterocycles. The van der Waals surface area contributed by atoms with Gasteiger partial charge in [0.05, 0.1) is 17.8 Å². The molecule has 102 valence electrons. The van der Waals surface area contributed by atoms with Crippen molar-refractivity contribution >= 4 is 44.8 Å². The van der Waals surface area contributed by atoms with Gasteiger partial charge in [-0.15, -0.1) is 0 Å². The number of aryl methyl sites for hydroxylation is 1. The monoisotopic (exact) mass is 428 g/mol. The zero-order valence-corrected chi connectivity index (χ0v) is 16.1. The summed E-state index contributed by atoms with van der Waals surface area (Å²) in [5, 5.41) is 12.9. The van der Waals surface area contributed by atoms with Gasteiger partial charge in [-0.1, -0.05) is 22.6 Å². The molecule has 6 nitrogen and oxygen atoms in total. The summed E-state index contributed by atoms with van der Waals surface area (Å²) in [4.78, 5) is 0.599. The molecule has 1 aromatic rings. The molecule has 0 N–H and O–H groups in total. The van der Waals surface area contributed by atoms with Crippen LogP contribution in [0.15, 0.2) is 23.1 Å². The number of hydrogen-bond donors (Lipinski definition) is 0. The molecule has 0 bridgehead atoms. The predicted molar refractivity (Wildman–Crippen MR) is 72.5 cm³/mol. The molecule has 0 fully saturated rings. The summed E-state index contributed by atoms with van der Waals surface area (Å²) < 4.78 is 32.6. The summed E-state index contributed by atoms with van der Waals surface area (Å²) in [6.45, 7) is 1.69. The quantitative estimate of drug-likeness (QED) is 0.0982. The minimum atomic E-state index is -3.56. The van der Waals surface area contributed by atoms with E-state index in [0.29, 0.717) is 14.9 Å². The Morgan fingerprint density at radius 2 is 2.11 bits per heavy atom. The van der Waals surface area contributed by atoms with Crippen molar-refractivity contribution < 1.29 is 56.8 Å². The Balaban J connectivity index is 0.00000324. The van der Waals surface area contributed by atoms with Crippen LogP contribution in [0, 0.1) is 6.92 Å². The smallest absolute Gasteiger partial charge is 0.691 e. The first-order chi connectivity index (χ1) is 8.48. The van der Waals surface area contributed by atoms with Crippen LogP contribution < -0.4 is 39.0 Å². The molecule has 0 aromatic heterocycles. The van der Waals surface area contributed by atoms with Gasteiger partial charge in [-0.05, 0) is 30.7 Å². The van der Waals surface area contributed by atoms with E-state index in [2.05, 4.69) is 9.37 Å². The number of hydrogen-bond acceptors (Lipinski definition) is 7. The van der Waals surface area contributed by atoms with Crippen molar-refractivity contribution in [2.75, 3.05) is 10.2 Å². The number of benzene rings is 1. The van der Waals surface area contributed by atoms with Gasteiger partial charge in [0.15, 0.2) is 0 Å². The molecule has 0 heterocycles. The zero-order chi connectivity index (χ0) is 13.6. The van der Waals surface area contributed by atoms with Gasteiger partial charge in [0.2, 0.25) is 0 Å². The van der Waals surface area contributed by atoms with Crippen LogP contribution in [0.2, 0.25) is 0 Å². The second-order valence-electron chi connectivity index (χ2n) is 3.18. The topological polar surface area (TPSA) is 84.9 Å². The minimum absolute atomic E-state index is 0. The molecule has 0 saturated heterocycles. The van der Waals surface area contributed by atoms with E-state index in [1.165, 1.54) is 6.07 Å². The Morgan fingerprint density at radius 3 is 2.63 bits per heavy atom. The van der Waals surface area contributed by atoms with E-state index in [1.807, 2.05) is 22.6 Å². The van der Waals surface area contributed by atoms with E-state index in [-0.39, 0.29) is 41.1 Å². The number of halogens is 1. The zero-order valence-electron chi connectivity index (χ0n) is 10.3. The average molecular weight is 428 g/mol. The fourth-order valence-electron chi connectivity index (χ4n) is 1.09. The Hall–Kier alpha value is 0.930. The van der Waals surface area contributed by atoms with Crippen LogP contribution >= 0.6 is 34.6 Å². The third kappa shape index (κ3) is 7.48. The second kappa shape index (κ2) is 9.79. The molecule has 0 radical (unpaired) electrons. The summed E-state index contributed by atoms with van der Waals surface area (Å²) in [5.74, 6) is 0.212. The fourth-order valence-corrected chi connectivity index (χ4v) is 3.90. The molecule has 0 aliphatic carbocycles. The molecule has 10 heteroatoms. The van der Waals surface area contributed by atoms with Crippen LogP contribution in [0.3, 0.4) is 0 Å². The van der Waals surface area contributed by atoms with Gasteiger partial charge < -0.3 is 9.44 Å². The van der Waals surface area contributed by atoms with Crippen molar-refractivity contribution in [2.45, 2.75) is 11.8 Å². The molecule has 1 aromatic carbocycles. The Kier molecular flexibility index (Phi) is 10.3. The summed E-state index contributed by atoms with van der Waals surface area (Å²) in [6, 6.07) is 4.68. The van der Waals surface area contributed by atoms with Crippen LogP contribution in [0.25, 0.3) is 0 Å². The van der Waals surface area contributed by atoms with Crippen LogP contribution in [0.1, 0.15) is 5.56 Å². The van der Waals surface area contributed by atoms with E-state index in [4.69, 9.17) is 4.18 Å². The molecular formula is C9H10INaO6S2.